The first-order valence-electron chi connectivity index (χ1n) is 10.1. The lowest BCUT2D eigenvalue weighted by atomic mass is 10.2. The second-order valence-electron chi connectivity index (χ2n) is 6.81. The molecule has 0 atom stereocenters. The number of hydrogen-bond acceptors (Lipinski definition) is 7. The van der Waals surface area contributed by atoms with Crippen LogP contribution >= 0.6 is 11.8 Å². The minimum atomic E-state index is -0.0718. The molecule has 0 N–H and O–H groups in total. The third-order valence-corrected chi connectivity index (χ3v) is 5.61. The molecule has 0 spiro atoms. The molecule has 0 bridgehead atoms. The van der Waals surface area contributed by atoms with Crippen molar-refractivity contribution in [2.24, 2.45) is 0 Å². The Morgan fingerprint density at radius 2 is 1.81 bits per heavy atom. The molecular formula is C23H25N5O3S. The fraction of sp³-hybridized carbons (Fsp3) is 0.304. The molecule has 1 heterocycles. The van der Waals surface area contributed by atoms with Gasteiger partial charge < -0.3 is 14.4 Å². The van der Waals surface area contributed by atoms with Crippen molar-refractivity contribution in [3.8, 4) is 34.6 Å². The summed E-state index contributed by atoms with van der Waals surface area (Å²) in [6.07, 6.45) is 0.302. The van der Waals surface area contributed by atoms with Crippen molar-refractivity contribution in [2.45, 2.75) is 18.5 Å². The first kappa shape index (κ1) is 23.2. The van der Waals surface area contributed by atoms with E-state index in [9.17, 15) is 4.79 Å². The lowest BCUT2D eigenvalue weighted by Crippen LogP contribution is -2.29. The molecule has 0 radical (unpaired) electrons. The average molecular weight is 452 g/mol. The van der Waals surface area contributed by atoms with Crippen LogP contribution in [0.25, 0.3) is 17.1 Å². The number of nitrogens with zero attached hydrogens (tertiary/aromatic N) is 5. The van der Waals surface area contributed by atoms with Gasteiger partial charge in [-0.1, -0.05) is 11.8 Å². The molecule has 0 saturated carbocycles. The summed E-state index contributed by atoms with van der Waals surface area (Å²) in [5.41, 5.74) is 1.73. The molecule has 3 rings (SSSR count). The molecule has 166 valence electrons. The smallest absolute Gasteiger partial charge is 0.232 e. The number of carbonyl (C=O) groups is 1. The van der Waals surface area contributed by atoms with Gasteiger partial charge >= 0.3 is 0 Å². The maximum atomic E-state index is 12.4. The van der Waals surface area contributed by atoms with E-state index in [0.29, 0.717) is 30.6 Å². The number of thioether (sulfide) groups is 1. The van der Waals surface area contributed by atoms with E-state index in [0.717, 1.165) is 22.7 Å². The lowest BCUT2D eigenvalue weighted by Gasteiger charge is -2.15. The largest absolute Gasteiger partial charge is 0.497 e. The number of methoxy groups -OCH3 is 1. The highest BCUT2D eigenvalue weighted by Gasteiger charge is 2.18. The van der Waals surface area contributed by atoms with Crippen LogP contribution in [0.2, 0.25) is 0 Å². The van der Waals surface area contributed by atoms with E-state index in [1.165, 1.54) is 11.8 Å². The van der Waals surface area contributed by atoms with Crippen LogP contribution in [0.5, 0.6) is 11.5 Å². The van der Waals surface area contributed by atoms with Crippen molar-refractivity contribution in [3.05, 3.63) is 48.5 Å². The Bertz CT molecular complexity index is 1070. The summed E-state index contributed by atoms with van der Waals surface area (Å²) in [5.74, 6) is 2.31. The molecule has 2 aromatic carbocycles. The SMILES string of the molecule is CCOc1ccc(-n2c(SCC(=O)N(C)CCC#N)nnc2-c2ccc(OC)cc2)cc1. The van der Waals surface area contributed by atoms with E-state index in [1.807, 2.05) is 60.0 Å². The van der Waals surface area contributed by atoms with Crippen molar-refractivity contribution < 1.29 is 14.3 Å². The molecule has 0 aliphatic rings. The molecular weight excluding hydrogens is 426 g/mol. The summed E-state index contributed by atoms with van der Waals surface area (Å²) in [7, 11) is 3.32. The monoisotopic (exact) mass is 451 g/mol. The number of benzene rings is 2. The van der Waals surface area contributed by atoms with Crippen molar-refractivity contribution in [1.29, 1.82) is 5.26 Å². The zero-order chi connectivity index (χ0) is 22.9. The predicted molar refractivity (Wildman–Crippen MR) is 123 cm³/mol. The quantitative estimate of drug-likeness (QED) is 0.433. The van der Waals surface area contributed by atoms with Gasteiger partial charge in [0.2, 0.25) is 5.91 Å². The first-order chi connectivity index (χ1) is 15.6. The molecule has 0 saturated heterocycles. The molecule has 1 aromatic heterocycles. The Hall–Kier alpha value is -3.51. The number of ether oxygens (including phenoxy) is 2. The van der Waals surface area contributed by atoms with Gasteiger partial charge in [0.05, 0.1) is 32.0 Å². The normalized spacial score (nSPS) is 10.4. The van der Waals surface area contributed by atoms with E-state index in [1.54, 1.807) is 19.1 Å². The van der Waals surface area contributed by atoms with E-state index in [4.69, 9.17) is 14.7 Å². The fourth-order valence-electron chi connectivity index (χ4n) is 2.96. The second-order valence-corrected chi connectivity index (χ2v) is 7.75. The molecule has 8 nitrogen and oxygen atoms in total. The van der Waals surface area contributed by atoms with Crippen LogP contribution in [-0.4, -0.2) is 58.6 Å². The van der Waals surface area contributed by atoms with Crippen LogP contribution in [0.1, 0.15) is 13.3 Å². The van der Waals surface area contributed by atoms with Gasteiger partial charge in [-0.2, -0.15) is 5.26 Å². The van der Waals surface area contributed by atoms with Gasteiger partial charge in [0.1, 0.15) is 11.5 Å². The maximum absolute atomic E-state index is 12.4. The fourth-order valence-corrected chi connectivity index (χ4v) is 3.85. The summed E-state index contributed by atoms with van der Waals surface area (Å²) >= 11 is 1.31. The van der Waals surface area contributed by atoms with Crippen LogP contribution in [0.3, 0.4) is 0 Å². The zero-order valence-corrected chi connectivity index (χ0v) is 19.1. The zero-order valence-electron chi connectivity index (χ0n) is 18.3. The highest BCUT2D eigenvalue weighted by atomic mass is 32.2. The Kier molecular flexibility index (Phi) is 8.11. The Morgan fingerprint density at radius 1 is 1.12 bits per heavy atom. The first-order valence-corrected chi connectivity index (χ1v) is 11.1. The van der Waals surface area contributed by atoms with Crippen LogP contribution in [0.4, 0.5) is 0 Å². The summed E-state index contributed by atoms with van der Waals surface area (Å²) < 4.78 is 12.7. The number of aromatic nitrogens is 3. The number of rotatable bonds is 10. The molecule has 9 heteroatoms. The molecule has 3 aromatic rings. The molecule has 0 aliphatic carbocycles. The number of hydrogen-bond donors (Lipinski definition) is 0. The minimum Gasteiger partial charge on any atom is -0.497 e. The minimum absolute atomic E-state index is 0.0718. The maximum Gasteiger partial charge on any atom is 0.232 e. The standard InChI is InChI=1S/C23H25N5O3S/c1-4-31-20-12-8-18(9-13-20)28-22(17-6-10-19(30-3)11-7-17)25-26-23(28)32-16-21(29)27(2)15-5-14-24/h6-13H,4-5,15-16H2,1-3H3. The summed E-state index contributed by atoms with van der Waals surface area (Å²) in [4.78, 5) is 14.0. The Balaban J connectivity index is 1.91. The molecule has 0 fully saturated rings. The van der Waals surface area contributed by atoms with Gasteiger partial charge in [0, 0.05) is 24.8 Å². The van der Waals surface area contributed by atoms with Gasteiger partial charge in [0.15, 0.2) is 11.0 Å². The van der Waals surface area contributed by atoms with E-state index < -0.39 is 0 Å². The number of carbonyl (C=O) groups excluding carboxylic acids is 1. The highest BCUT2D eigenvalue weighted by molar-refractivity contribution is 7.99. The second kappa shape index (κ2) is 11.2. The van der Waals surface area contributed by atoms with Crippen molar-refractivity contribution in [3.63, 3.8) is 0 Å². The molecule has 32 heavy (non-hydrogen) atoms. The van der Waals surface area contributed by atoms with Crippen LogP contribution in [0.15, 0.2) is 53.7 Å². The van der Waals surface area contributed by atoms with Crippen molar-refractivity contribution >= 4 is 17.7 Å². The Labute approximate surface area is 191 Å². The third kappa shape index (κ3) is 5.59. The van der Waals surface area contributed by atoms with Gasteiger partial charge in [-0.05, 0) is 55.5 Å². The van der Waals surface area contributed by atoms with Gasteiger partial charge in [-0.25, -0.2) is 0 Å². The Morgan fingerprint density at radius 3 is 2.44 bits per heavy atom. The molecule has 0 unspecified atom stereocenters. The van der Waals surface area contributed by atoms with Gasteiger partial charge in [-0.3, -0.25) is 9.36 Å². The van der Waals surface area contributed by atoms with E-state index in [2.05, 4.69) is 16.3 Å². The lowest BCUT2D eigenvalue weighted by molar-refractivity contribution is -0.127. The van der Waals surface area contributed by atoms with Gasteiger partial charge in [-0.15, -0.1) is 10.2 Å². The number of nitriles is 1. The van der Waals surface area contributed by atoms with Gasteiger partial charge in [0.25, 0.3) is 0 Å². The van der Waals surface area contributed by atoms with Crippen LogP contribution in [-0.2, 0) is 4.79 Å². The van der Waals surface area contributed by atoms with Crippen LogP contribution in [0, 0.1) is 11.3 Å². The van der Waals surface area contributed by atoms with Crippen molar-refractivity contribution in [2.75, 3.05) is 33.1 Å². The third-order valence-electron chi connectivity index (χ3n) is 4.70. The summed E-state index contributed by atoms with van der Waals surface area (Å²) in [6, 6.07) is 17.3. The average Bonchev–Trinajstić information content (AvgIpc) is 3.25. The summed E-state index contributed by atoms with van der Waals surface area (Å²) in [6.45, 7) is 2.93. The topological polar surface area (TPSA) is 93.3 Å². The van der Waals surface area contributed by atoms with Crippen molar-refractivity contribution in [1.82, 2.24) is 19.7 Å². The van der Waals surface area contributed by atoms with E-state index >= 15 is 0 Å². The van der Waals surface area contributed by atoms with Crippen LogP contribution < -0.4 is 9.47 Å². The van der Waals surface area contributed by atoms with E-state index in [-0.39, 0.29) is 11.7 Å². The molecule has 0 aliphatic heterocycles. The number of amides is 1. The summed E-state index contributed by atoms with van der Waals surface area (Å²) in [5, 5.41) is 18.1. The predicted octanol–water partition coefficient (Wildman–Crippen LogP) is 3.81. The molecule has 1 amide bonds. The highest BCUT2D eigenvalue weighted by Crippen LogP contribution is 2.30.